The van der Waals surface area contributed by atoms with Crippen LogP contribution in [0.5, 0.6) is 0 Å². The van der Waals surface area contributed by atoms with Crippen LogP contribution in [0.15, 0.2) is 24.4 Å². The molecule has 1 aromatic carbocycles. The molecule has 0 atom stereocenters. The van der Waals surface area contributed by atoms with Gasteiger partial charge in [0, 0.05) is 28.8 Å². The summed E-state index contributed by atoms with van der Waals surface area (Å²) in [4.78, 5) is 26.5. The largest absolute Gasteiger partial charge is 0.399 e. The molecule has 0 aliphatic rings. The van der Waals surface area contributed by atoms with E-state index >= 15 is 0 Å². The third kappa shape index (κ3) is 3.09. The summed E-state index contributed by atoms with van der Waals surface area (Å²) >= 11 is 0. The van der Waals surface area contributed by atoms with E-state index in [1.807, 2.05) is 13.8 Å². The number of nitrogens with one attached hydrogen (secondary N) is 3. The first-order valence-electron chi connectivity index (χ1n) is 6.41. The third-order valence-corrected chi connectivity index (χ3v) is 2.81. The fraction of sp³-hybridized carbons (Fsp3) is 0.286. The fourth-order valence-electron chi connectivity index (χ4n) is 1.96. The third-order valence-electron chi connectivity index (χ3n) is 2.81. The smallest absolute Gasteiger partial charge is 0.253 e. The van der Waals surface area contributed by atoms with E-state index in [2.05, 4.69) is 15.6 Å². The lowest BCUT2D eigenvalue weighted by atomic mass is 10.1. The number of rotatable bonds is 4. The number of H-pyrrole nitrogens is 1. The number of anilines is 1. The minimum Gasteiger partial charge on any atom is -0.399 e. The molecule has 1 aromatic heterocycles. The van der Waals surface area contributed by atoms with Gasteiger partial charge in [0.05, 0.1) is 12.1 Å². The molecule has 0 aliphatic carbocycles. The summed E-state index contributed by atoms with van der Waals surface area (Å²) in [6.07, 6.45) is 1.61. The van der Waals surface area contributed by atoms with Crippen LogP contribution in [0.25, 0.3) is 10.9 Å². The molecular formula is C14H18N4O2. The maximum Gasteiger partial charge on any atom is 0.253 e. The molecule has 0 unspecified atom stereocenters. The Morgan fingerprint density at radius 3 is 2.80 bits per heavy atom. The normalized spacial score (nSPS) is 10.8. The zero-order valence-corrected chi connectivity index (χ0v) is 11.5. The number of benzene rings is 1. The molecule has 6 nitrogen and oxygen atoms in total. The van der Waals surface area contributed by atoms with E-state index in [0.29, 0.717) is 11.3 Å². The monoisotopic (exact) mass is 274 g/mol. The first-order valence-corrected chi connectivity index (χ1v) is 6.41. The minimum atomic E-state index is -0.292. The molecule has 0 bridgehead atoms. The molecular weight excluding hydrogens is 256 g/mol. The standard InChI is InChI=1S/C14H18N4O2/c1-8(2)18-13(19)7-17-14(20)11-6-16-12-5-9(15)3-4-10(11)12/h3-6,8,16H,7,15H2,1-2H3,(H,17,20)(H,18,19). The van der Waals surface area contributed by atoms with Gasteiger partial charge in [0.2, 0.25) is 5.91 Å². The van der Waals surface area contributed by atoms with E-state index in [4.69, 9.17) is 5.73 Å². The lowest BCUT2D eigenvalue weighted by Gasteiger charge is -2.08. The first-order chi connectivity index (χ1) is 9.47. The van der Waals surface area contributed by atoms with Crippen molar-refractivity contribution in [1.29, 1.82) is 0 Å². The highest BCUT2D eigenvalue weighted by Gasteiger charge is 2.13. The van der Waals surface area contributed by atoms with Crippen molar-refractivity contribution in [3.8, 4) is 0 Å². The molecule has 2 aromatic rings. The molecule has 106 valence electrons. The summed E-state index contributed by atoms with van der Waals surface area (Å²) in [5.74, 6) is -0.502. The quantitative estimate of drug-likeness (QED) is 0.626. The van der Waals surface area contributed by atoms with Crippen molar-refractivity contribution in [3.63, 3.8) is 0 Å². The molecule has 5 N–H and O–H groups in total. The Morgan fingerprint density at radius 1 is 1.35 bits per heavy atom. The van der Waals surface area contributed by atoms with Gasteiger partial charge < -0.3 is 21.4 Å². The Morgan fingerprint density at radius 2 is 2.10 bits per heavy atom. The number of hydrogen-bond donors (Lipinski definition) is 4. The molecule has 0 radical (unpaired) electrons. The van der Waals surface area contributed by atoms with Crippen molar-refractivity contribution in [1.82, 2.24) is 15.6 Å². The summed E-state index contributed by atoms with van der Waals surface area (Å²) in [5, 5.41) is 6.08. The first kappa shape index (κ1) is 13.9. The van der Waals surface area contributed by atoms with Crippen LogP contribution in [0.1, 0.15) is 24.2 Å². The Bertz CT molecular complexity index is 646. The van der Waals surface area contributed by atoms with Gasteiger partial charge in [-0.05, 0) is 32.0 Å². The lowest BCUT2D eigenvalue weighted by Crippen LogP contribution is -2.39. The van der Waals surface area contributed by atoms with Crippen LogP contribution in [-0.4, -0.2) is 29.4 Å². The highest BCUT2D eigenvalue weighted by molar-refractivity contribution is 6.07. The number of hydrogen-bond acceptors (Lipinski definition) is 3. The Labute approximate surface area is 116 Å². The van der Waals surface area contributed by atoms with Crippen molar-refractivity contribution in [3.05, 3.63) is 30.0 Å². The van der Waals surface area contributed by atoms with Gasteiger partial charge in [-0.25, -0.2) is 0 Å². The summed E-state index contributed by atoms with van der Waals surface area (Å²) in [6.45, 7) is 3.69. The average Bonchev–Trinajstić information content (AvgIpc) is 2.78. The number of carbonyl (C=O) groups excluding carboxylic acids is 2. The maximum absolute atomic E-state index is 12.1. The second-order valence-corrected chi connectivity index (χ2v) is 4.91. The van der Waals surface area contributed by atoms with Crippen LogP contribution in [-0.2, 0) is 4.79 Å². The van der Waals surface area contributed by atoms with Crippen LogP contribution in [0.4, 0.5) is 5.69 Å². The summed E-state index contributed by atoms with van der Waals surface area (Å²) in [6, 6.07) is 5.33. The van der Waals surface area contributed by atoms with Gasteiger partial charge >= 0.3 is 0 Å². The highest BCUT2D eigenvalue weighted by Crippen LogP contribution is 2.20. The van der Waals surface area contributed by atoms with Crippen molar-refractivity contribution in [2.24, 2.45) is 0 Å². The lowest BCUT2D eigenvalue weighted by molar-refractivity contribution is -0.120. The molecule has 2 amide bonds. The number of aromatic nitrogens is 1. The molecule has 0 saturated heterocycles. The number of carbonyl (C=O) groups is 2. The van der Waals surface area contributed by atoms with Gasteiger partial charge in [-0.15, -0.1) is 0 Å². The second-order valence-electron chi connectivity index (χ2n) is 4.91. The Kier molecular flexibility index (Phi) is 3.93. The molecule has 1 heterocycles. The summed E-state index contributed by atoms with van der Waals surface area (Å²) in [5.41, 5.74) is 7.60. The number of fused-ring (bicyclic) bond motifs is 1. The Balaban J connectivity index is 2.06. The van der Waals surface area contributed by atoms with Gasteiger partial charge in [0.1, 0.15) is 0 Å². The van der Waals surface area contributed by atoms with Crippen LogP contribution in [0, 0.1) is 0 Å². The minimum absolute atomic E-state index is 0.0430. The summed E-state index contributed by atoms with van der Waals surface area (Å²) < 4.78 is 0. The number of amides is 2. The van der Waals surface area contributed by atoms with Gasteiger partial charge in [-0.1, -0.05) is 0 Å². The van der Waals surface area contributed by atoms with Crippen LogP contribution in [0.3, 0.4) is 0 Å². The fourth-order valence-corrected chi connectivity index (χ4v) is 1.96. The van der Waals surface area contributed by atoms with Crippen LogP contribution in [0.2, 0.25) is 0 Å². The second kappa shape index (κ2) is 5.64. The van der Waals surface area contributed by atoms with Crippen LogP contribution < -0.4 is 16.4 Å². The van der Waals surface area contributed by atoms with Gasteiger partial charge in [0.25, 0.3) is 5.91 Å². The van der Waals surface area contributed by atoms with E-state index in [9.17, 15) is 9.59 Å². The van der Waals surface area contributed by atoms with Crippen molar-refractivity contribution in [2.75, 3.05) is 12.3 Å². The molecule has 0 aliphatic heterocycles. The van der Waals surface area contributed by atoms with E-state index in [1.54, 1.807) is 24.4 Å². The van der Waals surface area contributed by atoms with Gasteiger partial charge in [-0.3, -0.25) is 9.59 Å². The number of aromatic amines is 1. The van der Waals surface area contributed by atoms with E-state index in [0.717, 1.165) is 10.9 Å². The van der Waals surface area contributed by atoms with Crippen molar-refractivity contribution >= 4 is 28.4 Å². The van der Waals surface area contributed by atoms with Gasteiger partial charge in [-0.2, -0.15) is 0 Å². The molecule has 0 spiro atoms. The highest BCUT2D eigenvalue weighted by atomic mass is 16.2. The van der Waals surface area contributed by atoms with E-state index < -0.39 is 0 Å². The van der Waals surface area contributed by atoms with Gasteiger partial charge in [0.15, 0.2) is 0 Å². The Hall–Kier alpha value is -2.50. The maximum atomic E-state index is 12.1. The SMILES string of the molecule is CC(C)NC(=O)CNC(=O)c1c[nH]c2cc(N)ccc12. The predicted molar refractivity (Wildman–Crippen MR) is 78.3 cm³/mol. The van der Waals surface area contributed by atoms with E-state index in [-0.39, 0.29) is 24.4 Å². The van der Waals surface area contributed by atoms with E-state index in [1.165, 1.54) is 0 Å². The van der Waals surface area contributed by atoms with Crippen molar-refractivity contribution < 1.29 is 9.59 Å². The van der Waals surface area contributed by atoms with Crippen molar-refractivity contribution in [2.45, 2.75) is 19.9 Å². The predicted octanol–water partition coefficient (Wildman–Crippen LogP) is 1.00. The molecule has 0 fully saturated rings. The molecule has 20 heavy (non-hydrogen) atoms. The molecule has 0 saturated carbocycles. The zero-order chi connectivity index (χ0) is 14.7. The topological polar surface area (TPSA) is 100 Å². The zero-order valence-electron chi connectivity index (χ0n) is 11.5. The number of nitrogen functional groups attached to an aromatic ring is 1. The molecule has 2 rings (SSSR count). The number of nitrogens with two attached hydrogens (primary N) is 1. The molecule has 6 heteroatoms. The average molecular weight is 274 g/mol. The summed E-state index contributed by atoms with van der Waals surface area (Å²) in [7, 11) is 0. The van der Waals surface area contributed by atoms with Crippen LogP contribution >= 0.6 is 0 Å².